The van der Waals surface area contributed by atoms with Crippen molar-refractivity contribution in [1.29, 1.82) is 0 Å². The van der Waals surface area contributed by atoms with Gasteiger partial charge in [0.1, 0.15) is 5.01 Å². The number of rotatable bonds is 6. The van der Waals surface area contributed by atoms with Crippen LogP contribution in [0, 0.1) is 6.92 Å². The minimum Gasteiger partial charge on any atom is -0.493 e. The summed E-state index contributed by atoms with van der Waals surface area (Å²) in [7, 11) is 3.07. The van der Waals surface area contributed by atoms with Crippen LogP contribution in [0.5, 0.6) is 11.5 Å². The zero-order valence-corrected chi connectivity index (χ0v) is 15.7. The van der Waals surface area contributed by atoms with Gasteiger partial charge in [0.05, 0.1) is 32.0 Å². The van der Waals surface area contributed by atoms with Crippen molar-refractivity contribution in [3.8, 4) is 22.1 Å². The molecule has 5 nitrogen and oxygen atoms in total. The Balaban J connectivity index is 1.76. The first-order chi connectivity index (χ1) is 12.6. The molecule has 0 aliphatic heterocycles. The number of hydrogen-bond acceptors (Lipinski definition) is 5. The molecule has 0 aliphatic rings. The second-order valence-electron chi connectivity index (χ2n) is 5.62. The lowest BCUT2D eigenvalue weighted by atomic mass is 10.1. The van der Waals surface area contributed by atoms with Crippen LogP contribution >= 0.6 is 11.3 Å². The number of carbonyl (C=O) groups excluding carboxylic acids is 1. The number of thiazole rings is 1. The van der Waals surface area contributed by atoms with E-state index in [1.165, 1.54) is 7.11 Å². The summed E-state index contributed by atoms with van der Waals surface area (Å²) in [4.78, 5) is 18.2. The summed E-state index contributed by atoms with van der Waals surface area (Å²) < 4.78 is 10.6. The maximum atomic E-state index is 12.6. The van der Waals surface area contributed by atoms with Gasteiger partial charge in [-0.2, -0.15) is 0 Å². The summed E-state index contributed by atoms with van der Waals surface area (Å²) in [6.45, 7) is 2.37. The van der Waals surface area contributed by atoms with Crippen molar-refractivity contribution < 1.29 is 14.3 Å². The van der Waals surface area contributed by atoms with Crippen LogP contribution in [0.4, 0.5) is 0 Å². The number of aromatic nitrogens is 1. The van der Waals surface area contributed by atoms with E-state index in [0.29, 0.717) is 23.6 Å². The van der Waals surface area contributed by atoms with E-state index in [-0.39, 0.29) is 5.91 Å². The lowest BCUT2D eigenvalue weighted by molar-refractivity contribution is 0.0947. The minimum atomic E-state index is -0.213. The monoisotopic (exact) mass is 368 g/mol. The number of nitrogens with one attached hydrogen (secondary N) is 1. The van der Waals surface area contributed by atoms with Gasteiger partial charge in [0.15, 0.2) is 11.5 Å². The van der Waals surface area contributed by atoms with E-state index in [0.717, 1.165) is 21.1 Å². The number of benzene rings is 2. The molecule has 6 heteroatoms. The molecule has 3 rings (SSSR count). The topological polar surface area (TPSA) is 60.5 Å². The fourth-order valence-electron chi connectivity index (χ4n) is 2.62. The standard InChI is InChI=1S/C20H20N2O3S/c1-13-17(26-20(22-13)14-8-5-4-6-9-14)12-21-19(23)15-10-7-11-16(24-2)18(15)25-3/h4-11H,12H2,1-3H3,(H,21,23). The molecule has 134 valence electrons. The van der Waals surface area contributed by atoms with E-state index < -0.39 is 0 Å². The molecule has 1 heterocycles. The first-order valence-corrected chi connectivity index (χ1v) is 8.96. The van der Waals surface area contributed by atoms with E-state index in [1.807, 2.05) is 37.3 Å². The molecule has 0 saturated carbocycles. The van der Waals surface area contributed by atoms with Crippen molar-refractivity contribution in [3.05, 3.63) is 64.7 Å². The third kappa shape index (κ3) is 3.70. The quantitative estimate of drug-likeness (QED) is 0.713. The summed E-state index contributed by atoms with van der Waals surface area (Å²) in [5.74, 6) is 0.744. The zero-order valence-electron chi connectivity index (χ0n) is 14.9. The largest absolute Gasteiger partial charge is 0.493 e. The Morgan fingerprint density at radius 3 is 2.54 bits per heavy atom. The Labute approximate surface area is 156 Å². The van der Waals surface area contributed by atoms with Gasteiger partial charge in [0.25, 0.3) is 5.91 Å². The Bertz CT molecular complexity index is 907. The number of ether oxygens (including phenoxy) is 2. The fraction of sp³-hybridized carbons (Fsp3) is 0.200. The van der Waals surface area contributed by atoms with E-state index in [9.17, 15) is 4.79 Å². The molecule has 1 amide bonds. The first kappa shape index (κ1) is 17.9. The molecule has 3 aromatic rings. The molecule has 26 heavy (non-hydrogen) atoms. The maximum absolute atomic E-state index is 12.6. The van der Waals surface area contributed by atoms with Gasteiger partial charge >= 0.3 is 0 Å². The van der Waals surface area contributed by atoms with E-state index in [1.54, 1.807) is 36.6 Å². The maximum Gasteiger partial charge on any atom is 0.255 e. The van der Waals surface area contributed by atoms with Crippen molar-refractivity contribution in [1.82, 2.24) is 10.3 Å². The normalized spacial score (nSPS) is 10.4. The zero-order chi connectivity index (χ0) is 18.5. The van der Waals surface area contributed by atoms with Crippen LogP contribution in [-0.4, -0.2) is 25.1 Å². The molecule has 0 aliphatic carbocycles. The lowest BCUT2D eigenvalue weighted by Gasteiger charge is -2.12. The van der Waals surface area contributed by atoms with Crippen LogP contribution in [0.15, 0.2) is 48.5 Å². The number of methoxy groups -OCH3 is 2. The van der Waals surface area contributed by atoms with Gasteiger partial charge in [-0.05, 0) is 19.1 Å². The highest BCUT2D eigenvalue weighted by molar-refractivity contribution is 7.15. The predicted octanol–water partition coefficient (Wildman–Crippen LogP) is 4.07. The average molecular weight is 368 g/mol. The number of carbonyl (C=O) groups is 1. The number of nitrogens with zero attached hydrogens (tertiary/aromatic N) is 1. The van der Waals surface area contributed by atoms with Crippen LogP contribution in [0.1, 0.15) is 20.9 Å². The summed E-state index contributed by atoms with van der Waals surface area (Å²) in [6.07, 6.45) is 0. The molecule has 0 unspecified atom stereocenters. The summed E-state index contributed by atoms with van der Waals surface area (Å²) in [5.41, 5.74) is 2.44. The smallest absolute Gasteiger partial charge is 0.255 e. The highest BCUT2D eigenvalue weighted by atomic mass is 32.1. The average Bonchev–Trinajstić information content (AvgIpc) is 3.06. The Hall–Kier alpha value is -2.86. The molecule has 0 spiro atoms. The highest BCUT2D eigenvalue weighted by Gasteiger charge is 2.17. The lowest BCUT2D eigenvalue weighted by Crippen LogP contribution is -2.23. The van der Waals surface area contributed by atoms with Crippen molar-refractivity contribution in [2.24, 2.45) is 0 Å². The van der Waals surface area contributed by atoms with Crippen molar-refractivity contribution in [2.75, 3.05) is 14.2 Å². The molecule has 0 atom stereocenters. The van der Waals surface area contributed by atoms with Gasteiger partial charge in [-0.15, -0.1) is 11.3 Å². The Morgan fingerprint density at radius 1 is 1.08 bits per heavy atom. The molecular formula is C20H20N2O3S. The number of para-hydroxylation sites is 1. The molecule has 0 saturated heterocycles. The number of aryl methyl sites for hydroxylation is 1. The fourth-order valence-corrected chi connectivity index (χ4v) is 3.63. The Morgan fingerprint density at radius 2 is 1.85 bits per heavy atom. The van der Waals surface area contributed by atoms with Crippen molar-refractivity contribution in [2.45, 2.75) is 13.5 Å². The van der Waals surface area contributed by atoms with Crippen LogP contribution < -0.4 is 14.8 Å². The van der Waals surface area contributed by atoms with Gasteiger partial charge in [0, 0.05) is 10.4 Å². The first-order valence-electron chi connectivity index (χ1n) is 8.15. The van der Waals surface area contributed by atoms with E-state index in [4.69, 9.17) is 9.47 Å². The molecule has 0 bridgehead atoms. The molecule has 2 aromatic carbocycles. The van der Waals surface area contributed by atoms with Crippen LogP contribution in [0.2, 0.25) is 0 Å². The Kier molecular flexibility index (Phi) is 5.53. The third-order valence-electron chi connectivity index (χ3n) is 3.97. The minimum absolute atomic E-state index is 0.213. The van der Waals surface area contributed by atoms with Gasteiger partial charge in [-0.1, -0.05) is 36.4 Å². The summed E-state index contributed by atoms with van der Waals surface area (Å²) >= 11 is 1.59. The van der Waals surface area contributed by atoms with Gasteiger partial charge in [0.2, 0.25) is 0 Å². The predicted molar refractivity (Wildman–Crippen MR) is 103 cm³/mol. The summed E-state index contributed by atoms with van der Waals surface area (Å²) in [6, 6.07) is 15.3. The second kappa shape index (κ2) is 8.01. The molecule has 0 fully saturated rings. The molecule has 0 radical (unpaired) electrons. The molecular weight excluding hydrogens is 348 g/mol. The summed E-state index contributed by atoms with van der Waals surface area (Å²) in [5, 5.41) is 3.89. The van der Waals surface area contributed by atoms with E-state index in [2.05, 4.69) is 10.3 Å². The second-order valence-corrected chi connectivity index (χ2v) is 6.70. The van der Waals surface area contributed by atoms with Crippen molar-refractivity contribution >= 4 is 17.2 Å². The third-order valence-corrected chi connectivity index (χ3v) is 5.18. The SMILES string of the molecule is COc1cccc(C(=O)NCc2sc(-c3ccccc3)nc2C)c1OC. The van der Waals surface area contributed by atoms with E-state index >= 15 is 0 Å². The van der Waals surface area contributed by atoms with Gasteiger partial charge in [-0.25, -0.2) is 4.98 Å². The van der Waals surface area contributed by atoms with Crippen LogP contribution in [0.3, 0.4) is 0 Å². The van der Waals surface area contributed by atoms with Crippen molar-refractivity contribution in [3.63, 3.8) is 0 Å². The number of amides is 1. The van der Waals surface area contributed by atoms with Crippen LogP contribution in [-0.2, 0) is 6.54 Å². The number of hydrogen-bond donors (Lipinski definition) is 1. The molecule has 1 aromatic heterocycles. The molecule has 1 N–H and O–H groups in total. The van der Waals surface area contributed by atoms with Gasteiger partial charge in [-0.3, -0.25) is 4.79 Å². The highest BCUT2D eigenvalue weighted by Crippen LogP contribution is 2.31. The van der Waals surface area contributed by atoms with Crippen LogP contribution in [0.25, 0.3) is 10.6 Å². The van der Waals surface area contributed by atoms with Gasteiger partial charge < -0.3 is 14.8 Å².